The molecule has 2 unspecified atom stereocenters. The third-order valence-corrected chi connectivity index (χ3v) is 3.99. The molecule has 0 bridgehead atoms. The molecule has 1 aliphatic rings. The van der Waals surface area contributed by atoms with Gasteiger partial charge >= 0.3 is 0 Å². The summed E-state index contributed by atoms with van der Waals surface area (Å²) in [7, 11) is 0. The number of rotatable bonds is 7. The van der Waals surface area contributed by atoms with Crippen LogP contribution in [-0.4, -0.2) is 36.8 Å². The lowest BCUT2D eigenvalue weighted by Gasteiger charge is -2.25. The summed E-state index contributed by atoms with van der Waals surface area (Å²) in [5.74, 6) is 3.46. The Morgan fingerprint density at radius 2 is 2.27 bits per heavy atom. The first kappa shape index (κ1) is 13.3. The van der Waals surface area contributed by atoms with Crippen LogP contribution in [-0.2, 0) is 4.74 Å². The highest BCUT2D eigenvalue weighted by molar-refractivity contribution is 7.99. The highest BCUT2D eigenvalue weighted by Crippen LogP contribution is 2.26. The molecule has 15 heavy (non-hydrogen) atoms. The van der Waals surface area contributed by atoms with Gasteiger partial charge in [0.15, 0.2) is 0 Å². The van der Waals surface area contributed by atoms with Gasteiger partial charge in [-0.2, -0.15) is 11.8 Å². The predicted octanol–water partition coefficient (Wildman–Crippen LogP) is 2.53. The van der Waals surface area contributed by atoms with E-state index in [1.165, 1.54) is 24.3 Å². The van der Waals surface area contributed by atoms with Crippen LogP contribution in [0.15, 0.2) is 0 Å². The lowest BCUT2D eigenvalue weighted by atomic mass is 10.00. The van der Waals surface area contributed by atoms with Crippen molar-refractivity contribution in [2.45, 2.75) is 45.8 Å². The Morgan fingerprint density at radius 3 is 2.80 bits per heavy atom. The van der Waals surface area contributed by atoms with E-state index < -0.39 is 0 Å². The van der Waals surface area contributed by atoms with Gasteiger partial charge in [-0.25, -0.2) is 0 Å². The maximum absolute atomic E-state index is 5.74. The van der Waals surface area contributed by atoms with Crippen molar-refractivity contribution in [2.24, 2.45) is 5.92 Å². The summed E-state index contributed by atoms with van der Waals surface area (Å²) in [5.41, 5.74) is 0. The molecule has 2 atom stereocenters. The summed E-state index contributed by atoms with van der Waals surface area (Å²) in [4.78, 5) is 0. The van der Waals surface area contributed by atoms with Gasteiger partial charge in [-0.3, -0.25) is 0 Å². The minimum Gasteiger partial charge on any atom is -0.377 e. The normalized spacial score (nSPS) is 23.6. The summed E-state index contributed by atoms with van der Waals surface area (Å²) in [6.07, 6.45) is 2.91. The Balaban J connectivity index is 2.30. The zero-order valence-corrected chi connectivity index (χ0v) is 11.1. The van der Waals surface area contributed by atoms with Crippen LogP contribution in [0.4, 0.5) is 0 Å². The molecule has 2 nitrogen and oxygen atoms in total. The number of hydrogen-bond acceptors (Lipinski definition) is 3. The van der Waals surface area contributed by atoms with Crippen molar-refractivity contribution in [3.63, 3.8) is 0 Å². The van der Waals surface area contributed by atoms with E-state index in [4.69, 9.17) is 4.74 Å². The predicted molar refractivity (Wildman–Crippen MR) is 68.6 cm³/mol. The maximum atomic E-state index is 5.74. The zero-order chi connectivity index (χ0) is 11.1. The van der Waals surface area contributed by atoms with Crippen LogP contribution in [0, 0.1) is 5.92 Å². The zero-order valence-electron chi connectivity index (χ0n) is 10.3. The van der Waals surface area contributed by atoms with Crippen LogP contribution >= 0.6 is 11.8 Å². The Labute approximate surface area is 98.5 Å². The molecule has 0 aromatic heterocycles. The summed E-state index contributed by atoms with van der Waals surface area (Å²) in [6, 6.07) is 0.572. The SMILES string of the molecule is CCCNC(COC(C)C)C1CCSC1. The topological polar surface area (TPSA) is 21.3 Å². The molecule has 0 radical (unpaired) electrons. The van der Waals surface area contributed by atoms with Gasteiger partial charge in [0.1, 0.15) is 0 Å². The van der Waals surface area contributed by atoms with E-state index >= 15 is 0 Å². The monoisotopic (exact) mass is 231 g/mol. The van der Waals surface area contributed by atoms with Gasteiger partial charge in [-0.05, 0) is 50.7 Å². The molecule has 0 aromatic rings. The van der Waals surface area contributed by atoms with Gasteiger partial charge in [-0.15, -0.1) is 0 Å². The quantitative estimate of drug-likeness (QED) is 0.727. The van der Waals surface area contributed by atoms with Gasteiger partial charge in [-0.1, -0.05) is 6.92 Å². The van der Waals surface area contributed by atoms with E-state index in [9.17, 15) is 0 Å². The van der Waals surface area contributed by atoms with Gasteiger partial charge in [0, 0.05) is 6.04 Å². The summed E-state index contributed by atoms with van der Waals surface area (Å²) in [5, 5.41) is 3.63. The summed E-state index contributed by atoms with van der Waals surface area (Å²) >= 11 is 2.08. The van der Waals surface area contributed by atoms with E-state index in [-0.39, 0.29) is 0 Å². The minimum atomic E-state index is 0.352. The van der Waals surface area contributed by atoms with Crippen LogP contribution in [0.1, 0.15) is 33.6 Å². The van der Waals surface area contributed by atoms with E-state index in [1.54, 1.807) is 0 Å². The van der Waals surface area contributed by atoms with Crippen molar-refractivity contribution < 1.29 is 4.74 Å². The van der Waals surface area contributed by atoms with E-state index in [1.807, 2.05) is 0 Å². The summed E-state index contributed by atoms with van der Waals surface area (Å²) in [6.45, 7) is 8.44. The van der Waals surface area contributed by atoms with Gasteiger partial charge in [0.2, 0.25) is 0 Å². The van der Waals surface area contributed by atoms with Gasteiger partial charge in [0.05, 0.1) is 12.7 Å². The van der Waals surface area contributed by atoms with Crippen LogP contribution < -0.4 is 5.32 Å². The van der Waals surface area contributed by atoms with E-state index in [0.717, 1.165) is 19.1 Å². The lowest BCUT2D eigenvalue weighted by Crippen LogP contribution is -2.41. The number of hydrogen-bond donors (Lipinski definition) is 1. The third kappa shape index (κ3) is 5.23. The lowest BCUT2D eigenvalue weighted by molar-refractivity contribution is 0.0508. The number of ether oxygens (including phenoxy) is 1. The van der Waals surface area contributed by atoms with E-state index in [2.05, 4.69) is 37.8 Å². The van der Waals surface area contributed by atoms with Crippen LogP contribution in [0.5, 0.6) is 0 Å². The molecule has 0 aromatic carbocycles. The molecular weight excluding hydrogens is 206 g/mol. The molecule has 1 heterocycles. The third-order valence-electron chi connectivity index (χ3n) is 2.80. The van der Waals surface area contributed by atoms with Crippen molar-refractivity contribution in [2.75, 3.05) is 24.7 Å². The fraction of sp³-hybridized carbons (Fsp3) is 1.00. The maximum Gasteiger partial charge on any atom is 0.0626 e. The van der Waals surface area contributed by atoms with Crippen molar-refractivity contribution in [1.82, 2.24) is 5.32 Å². The molecule has 0 aliphatic carbocycles. The molecule has 0 saturated carbocycles. The smallest absolute Gasteiger partial charge is 0.0626 e. The van der Waals surface area contributed by atoms with E-state index in [0.29, 0.717) is 12.1 Å². The minimum absolute atomic E-state index is 0.352. The van der Waals surface area contributed by atoms with Crippen LogP contribution in [0.3, 0.4) is 0 Å². The molecule has 1 fully saturated rings. The fourth-order valence-electron chi connectivity index (χ4n) is 1.86. The Bertz CT molecular complexity index is 158. The van der Waals surface area contributed by atoms with Crippen molar-refractivity contribution in [3.8, 4) is 0 Å². The number of nitrogens with one attached hydrogen (secondary N) is 1. The first-order valence-corrected chi connectivity index (χ1v) is 7.32. The molecule has 1 saturated heterocycles. The first-order valence-electron chi connectivity index (χ1n) is 6.16. The Kier molecular flexibility index (Phi) is 6.69. The molecule has 1 rings (SSSR count). The highest BCUT2D eigenvalue weighted by atomic mass is 32.2. The fourth-order valence-corrected chi connectivity index (χ4v) is 3.20. The molecule has 3 heteroatoms. The molecule has 1 aliphatic heterocycles. The Morgan fingerprint density at radius 1 is 1.47 bits per heavy atom. The van der Waals surface area contributed by atoms with Crippen LogP contribution in [0.25, 0.3) is 0 Å². The molecule has 1 N–H and O–H groups in total. The largest absolute Gasteiger partial charge is 0.377 e. The first-order chi connectivity index (χ1) is 7.24. The van der Waals surface area contributed by atoms with Gasteiger partial charge in [0.25, 0.3) is 0 Å². The average molecular weight is 231 g/mol. The van der Waals surface area contributed by atoms with Crippen molar-refractivity contribution in [3.05, 3.63) is 0 Å². The second-order valence-electron chi connectivity index (χ2n) is 4.57. The summed E-state index contributed by atoms with van der Waals surface area (Å²) < 4.78 is 5.74. The second-order valence-corrected chi connectivity index (χ2v) is 5.72. The molecule has 0 spiro atoms. The molecule has 0 amide bonds. The molecular formula is C12H25NOS. The average Bonchev–Trinajstić information content (AvgIpc) is 2.71. The van der Waals surface area contributed by atoms with Crippen molar-refractivity contribution in [1.29, 1.82) is 0 Å². The van der Waals surface area contributed by atoms with Crippen LogP contribution in [0.2, 0.25) is 0 Å². The highest BCUT2D eigenvalue weighted by Gasteiger charge is 2.25. The Hall–Kier alpha value is 0.270. The second kappa shape index (κ2) is 7.53. The molecule has 90 valence electrons. The van der Waals surface area contributed by atoms with Gasteiger partial charge < -0.3 is 10.1 Å². The van der Waals surface area contributed by atoms with Crippen molar-refractivity contribution >= 4 is 11.8 Å². The number of thioether (sulfide) groups is 1. The standard InChI is InChI=1S/C12H25NOS/c1-4-6-13-12(8-14-10(2)3)11-5-7-15-9-11/h10-13H,4-9H2,1-3H3.